The maximum Gasteiger partial charge on any atom is 0.218 e. The molecule has 0 N–H and O–H groups in total. The van der Waals surface area contributed by atoms with E-state index >= 15 is 0 Å². The van der Waals surface area contributed by atoms with E-state index in [-0.39, 0.29) is 0 Å². The maximum absolute atomic E-state index is 5.58. The Morgan fingerprint density at radius 3 is 1.86 bits per heavy atom. The molecule has 0 unspecified atom stereocenters. The first-order valence-electron chi connectivity index (χ1n) is 9.26. The molecule has 0 amide bonds. The van der Waals surface area contributed by atoms with Gasteiger partial charge in [0, 0.05) is 39.6 Å². The van der Waals surface area contributed by atoms with E-state index in [2.05, 4.69) is 26.0 Å². The molecule has 2 aliphatic rings. The van der Waals surface area contributed by atoms with Gasteiger partial charge in [-0.1, -0.05) is 54.6 Å². The zero-order chi connectivity index (χ0) is 20.4. The minimum atomic E-state index is -0.680. The van der Waals surface area contributed by atoms with Gasteiger partial charge in [-0.3, -0.25) is 0 Å². The van der Waals surface area contributed by atoms with Crippen LogP contribution in [0.1, 0.15) is 36.1 Å². The van der Waals surface area contributed by atoms with Crippen molar-refractivity contribution < 1.29 is 18.9 Å². The van der Waals surface area contributed by atoms with Crippen LogP contribution >= 0.6 is 0 Å². The molecule has 0 saturated heterocycles. The summed E-state index contributed by atoms with van der Waals surface area (Å²) in [6.07, 6.45) is 3.94. The molecule has 0 aliphatic heterocycles. The van der Waals surface area contributed by atoms with Crippen molar-refractivity contribution in [1.29, 1.82) is 0 Å². The monoisotopic (exact) mass is 380 g/mol. The Labute approximate surface area is 167 Å². The molecular formula is C24H28O4. The highest BCUT2D eigenvalue weighted by Crippen LogP contribution is 2.46. The lowest BCUT2D eigenvalue weighted by Gasteiger charge is -2.29. The van der Waals surface area contributed by atoms with Crippen molar-refractivity contribution in [3.8, 4) is 0 Å². The van der Waals surface area contributed by atoms with Crippen LogP contribution in [-0.2, 0) is 30.5 Å². The number of fused-ring (bicyclic) bond motifs is 2. The van der Waals surface area contributed by atoms with Crippen LogP contribution in [0.3, 0.4) is 0 Å². The van der Waals surface area contributed by atoms with Crippen LogP contribution in [0.5, 0.6) is 0 Å². The van der Waals surface area contributed by atoms with E-state index in [1.165, 1.54) is 11.1 Å². The topological polar surface area (TPSA) is 36.9 Å². The number of hydrogen-bond acceptors (Lipinski definition) is 4. The number of hydrogen-bond donors (Lipinski definition) is 0. The van der Waals surface area contributed by atoms with Gasteiger partial charge in [0.2, 0.25) is 11.6 Å². The number of benzene rings is 2. The van der Waals surface area contributed by atoms with Gasteiger partial charge in [0.15, 0.2) is 0 Å². The van der Waals surface area contributed by atoms with Crippen molar-refractivity contribution >= 4 is 11.6 Å². The minimum Gasteiger partial charge on any atom is -0.346 e. The Bertz CT molecular complexity index is 902. The van der Waals surface area contributed by atoms with Gasteiger partial charge in [0.25, 0.3) is 0 Å². The summed E-state index contributed by atoms with van der Waals surface area (Å²) < 4.78 is 21.9. The minimum absolute atomic E-state index is 0.670. The average molecular weight is 380 g/mol. The molecule has 4 heteroatoms. The number of rotatable bonds is 4. The second-order valence-corrected chi connectivity index (χ2v) is 6.82. The third-order valence-electron chi connectivity index (χ3n) is 5.74. The van der Waals surface area contributed by atoms with Crippen LogP contribution in [0.25, 0.3) is 11.6 Å². The Morgan fingerprint density at radius 1 is 0.679 bits per heavy atom. The van der Waals surface area contributed by atoms with Crippen molar-refractivity contribution in [2.45, 2.75) is 25.4 Å². The summed E-state index contributed by atoms with van der Waals surface area (Å²) in [6, 6.07) is 16.3. The van der Waals surface area contributed by atoms with E-state index in [0.29, 0.717) is 0 Å². The molecule has 0 radical (unpaired) electrons. The fraction of sp³-hybridized carbons (Fsp3) is 0.333. The molecule has 2 aromatic rings. The van der Waals surface area contributed by atoms with Crippen molar-refractivity contribution in [2.24, 2.45) is 0 Å². The Morgan fingerprint density at radius 2 is 1.25 bits per heavy atom. The normalized spacial score (nSPS) is 17.8. The summed E-state index contributed by atoms with van der Waals surface area (Å²) in [5.41, 5.74) is 6.93. The van der Waals surface area contributed by atoms with E-state index in [0.717, 1.165) is 22.3 Å². The smallest absolute Gasteiger partial charge is 0.218 e. The van der Waals surface area contributed by atoms with Crippen molar-refractivity contribution in [1.82, 2.24) is 0 Å². The lowest BCUT2D eigenvalue weighted by Crippen LogP contribution is -2.30. The third-order valence-corrected chi connectivity index (χ3v) is 5.74. The van der Waals surface area contributed by atoms with Crippen LogP contribution < -0.4 is 0 Å². The molecule has 0 spiro atoms. The van der Waals surface area contributed by atoms with Crippen LogP contribution in [0.2, 0.25) is 0 Å². The molecule has 2 aliphatic carbocycles. The Kier molecular flexibility index (Phi) is 5.87. The van der Waals surface area contributed by atoms with Crippen molar-refractivity contribution in [3.05, 3.63) is 82.4 Å². The zero-order valence-electron chi connectivity index (χ0n) is 17.4. The van der Waals surface area contributed by atoms with Crippen molar-refractivity contribution in [2.75, 3.05) is 28.4 Å². The molecule has 0 aromatic heterocycles. The van der Waals surface area contributed by atoms with E-state index in [9.17, 15) is 0 Å². The molecule has 4 nitrogen and oxygen atoms in total. The van der Waals surface area contributed by atoms with E-state index in [4.69, 9.17) is 18.9 Å². The van der Waals surface area contributed by atoms with Gasteiger partial charge < -0.3 is 18.9 Å². The van der Waals surface area contributed by atoms with Crippen LogP contribution in [-0.4, -0.2) is 28.4 Å². The maximum atomic E-state index is 5.58. The molecule has 0 heterocycles. The van der Waals surface area contributed by atoms with Crippen LogP contribution in [0, 0.1) is 0 Å². The SMILES string of the molecule is COC1(OC)C(C)=C(C)c2ccccc21.COC1(OC)C=Cc2ccccc21. The van der Waals surface area contributed by atoms with Crippen LogP contribution in [0.15, 0.2) is 60.2 Å². The average Bonchev–Trinajstić information content (AvgIpc) is 3.23. The molecular weight excluding hydrogens is 352 g/mol. The predicted molar refractivity (Wildman–Crippen MR) is 112 cm³/mol. The summed E-state index contributed by atoms with van der Waals surface area (Å²) in [7, 11) is 6.66. The lowest BCUT2D eigenvalue weighted by molar-refractivity contribution is -0.184. The Hall–Kier alpha value is -2.24. The van der Waals surface area contributed by atoms with E-state index in [1.54, 1.807) is 28.4 Å². The standard InChI is InChI=1S/C13H16O2.C11H12O2/c1-9-10(2)13(14-3,15-4)12-8-6-5-7-11(9)12;1-12-11(13-2)8-7-9-5-3-4-6-10(9)11/h5-8H,1-4H3;3-8H,1-2H3. The zero-order valence-corrected chi connectivity index (χ0v) is 17.4. The molecule has 4 rings (SSSR count). The predicted octanol–water partition coefficient (Wildman–Crippen LogP) is 5.10. The third kappa shape index (κ3) is 3.03. The highest BCUT2D eigenvalue weighted by Gasteiger charge is 2.42. The van der Waals surface area contributed by atoms with Crippen LogP contribution in [0.4, 0.5) is 0 Å². The molecule has 0 bridgehead atoms. The molecule has 148 valence electrons. The fourth-order valence-corrected chi connectivity index (χ4v) is 4.05. The van der Waals surface area contributed by atoms with Gasteiger partial charge in [-0.2, -0.15) is 0 Å². The summed E-state index contributed by atoms with van der Waals surface area (Å²) in [5, 5.41) is 0. The second kappa shape index (κ2) is 8.02. The van der Waals surface area contributed by atoms with Crippen molar-refractivity contribution in [3.63, 3.8) is 0 Å². The van der Waals surface area contributed by atoms with Gasteiger partial charge in [0.05, 0.1) is 0 Å². The van der Waals surface area contributed by atoms with Gasteiger partial charge in [0.1, 0.15) is 0 Å². The summed E-state index contributed by atoms with van der Waals surface area (Å²) in [6.45, 7) is 4.16. The first kappa shape index (κ1) is 20.5. The lowest BCUT2D eigenvalue weighted by atomic mass is 10.0. The van der Waals surface area contributed by atoms with Gasteiger partial charge in [-0.25, -0.2) is 0 Å². The summed E-state index contributed by atoms with van der Waals surface area (Å²) in [5.74, 6) is -1.35. The number of allylic oxidation sites excluding steroid dienone is 1. The van der Waals surface area contributed by atoms with E-state index in [1.807, 2.05) is 48.6 Å². The fourth-order valence-electron chi connectivity index (χ4n) is 4.05. The molecule has 0 saturated carbocycles. The van der Waals surface area contributed by atoms with E-state index < -0.39 is 11.6 Å². The second-order valence-electron chi connectivity index (χ2n) is 6.82. The first-order chi connectivity index (χ1) is 13.5. The Balaban J connectivity index is 0.000000162. The summed E-state index contributed by atoms with van der Waals surface area (Å²) >= 11 is 0. The highest BCUT2D eigenvalue weighted by atomic mass is 16.7. The largest absolute Gasteiger partial charge is 0.346 e. The number of ether oxygens (including phenoxy) is 4. The van der Waals surface area contributed by atoms with Gasteiger partial charge in [-0.15, -0.1) is 0 Å². The molecule has 2 aromatic carbocycles. The molecule has 28 heavy (non-hydrogen) atoms. The quantitative estimate of drug-likeness (QED) is 0.692. The molecule has 0 fully saturated rings. The molecule has 0 atom stereocenters. The van der Waals surface area contributed by atoms with Gasteiger partial charge >= 0.3 is 0 Å². The first-order valence-corrected chi connectivity index (χ1v) is 9.26. The number of methoxy groups -OCH3 is 4. The summed E-state index contributed by atoms with van der Waals surface area (Å²) in [4.78, 5) is 0. The highest BCUT2D eigenvalue weighted by molar-refractivity contribution is 5.77. The van der Waals surface area contributed by atoms with Gasteiger partial charge in [-0.05, 0) is 42.2 Å².